The van der Waals surface area contributed by atoms with E-state index in [4.69, 9.17) is 15.9 Å². The SMILES string of the molecule is C#CCCC(=O)C(C)(C)C1(c2ccccc2C#N)OCCCO1. The molecule has 0 radical (unpaired) electrons. The van der Waals surface area contributed by atoms with E-state index in [2.05, 4.69) is 12.0 Å². The van der Waals surface area contributed by atoms with Crippen molar-refractivity contribution in [3.63, 3.8) is 0 Å². The fraction of sp³-hybridized carbons (Fsp3) is 0.474. The highest BCUT2D eigenvalue weighted by Crippen LogP contribution is 2.48. The highest BCUT2D eigenvalue weighted by molar-refractivity contribution is 5.85. The summed E-state index contributed by atoms with van der Waals surface area (Å²) in [4.78, 5) is 12.8. The molecule has 4 nitrogen and oxygen atoms in total. The molecule has 1 aliphatic heterocycles. The molecule has 0 bridgehead atoms. The summed E-state index contributed by atoms with van der Waals surface area (Å²) in [6.07, 6.45) is 6.67. The van der Waals surface area contributed by atoms with Crippen LogP contribution in [0.1, 0.15) is 44.2 Å². The van der Waals surface area contributed by atoms with Crippen molar-refractivity contribution >= 4 is 5.78 Å². The molecule has 1 aromatic carbocycles. The number of nitrogens with zero attached hydrogens (tertiary/aromatic N) is 1. The van der Waals surface area contributed by atoms with Gasteiger partial charge in [0.1, 0.15) is 5.78 Å². The molecule has 1 aliphatic rings. The van der Waals surface area contributed by atoms with Gasteiger partial charge in [0.15, 0.2) is 0 Å². The molecule has 1 fully saturated rings. The smallest absolute Gasteiger partial charge is 0.208 e. The predicted molar refractivity (Wildman–Crippen MR) is 86.2 cm³/mol. The van der Waals surface area contributed by atoms with Gasteiger partial charge in [0.05, 0.1) is 30.3 Å². The van der Waals surface area contributed by atoms with Crippen LogP contribution in [0.3, 0.4) is 0 Å². The quantitative estimate of drug-likeness (QED) is 0.784. The van der Waals surface area contributed by atoms with Gasteiger partial charge in [-0.15, -0.1) is 12.3 Å². The molecule has 1 saturated heterocycles. The van der Waals surface area contributed by atoms with E-state index in [1.54, 1.807) is 32.0 Å². The molecule has 0 N–H and O–H groups in total. The fourth-order valence-corrected chi connectivity index (χ4v) is 2.93. The van der Waals surface area contributed by atoms with Crippen LogP contribution in [0.4, 0.5) is 0 Å². The number of hydrogen-bond acceptors (Lipinski definition) is 4. The van der Waals surface area contributed by atoms with Crippen LogP contribution in [0.2, 0.25) is 0 Å². The number of ether oxygens (including phenoxy) is 2. The van der Waals surface area contributed by atoms with Crippen LogP contribution in [0.5, 0.6) is 0 Å². The standard InChI is InChI=1S/C19H21NO3/c1-4-5-11-17(21)18(2,3)19(22-12-8-13-23-19)16-10-7-6-9-15(16)14-20/h1,6-7,9-10H,5,8,11-13H2,2-3H3. The lowest BCUT2D eigenvalue weighted by Gasteiger charge is -2.47. The number of hydrogen-bond donors (Lipinski definition) is 0. The number of Topliss-reactive ketones (excluding diaryl/α,β-unsaturated/α-hetero) is 1. The lowest BCUT2D eigenvalue weighted by atomic mass is 9.73. The minimum absolute atomic E-state index is 0.0370. The first-order chi connectivity index (χ1) is 11.0. The Morgan fingerprint density at radius 2 is 2.00 bits per heavy atom. The van der Waals surface area contributed by atoms with E-state index in [0.29, 0.717) is 30.8 Å². The maximum Gasteiger partial charge on any atom is 0.208 e. The molecule has 0 unspecified atom stereocenters. The number of rotatable bonds is 5. The Bertz CT molecular complexity index is 658. The summed E-state index contributed by atoms with van der Waals surface area (Å²) in [5.41, 5.74) is 0.0884. The monoisotopic (exact) mass is 311 g/mol. The van der Waals surface area contributed by atoms with E-state index < -0.39 is 11.2 Å². The number of terminal acetylenes is 1. The van der Waals surface area contributed by atoms with E-state index in [0.717, 1.165) is 6.42 Å². The van der Waals surface area contributed by atoms with Gasteiger partial charge in [-0.3, -0.25) is 4.79 Å². The zero-order chi connectivity index (χ0) is 16.9. The van der Waals surface area contributed by atoms with Gasteiger partial charge in [-0.05, 0) is 26.3 Å². The molecule has 0 saturated carbocycles. The van der Waals surface area contributed by atoms with Gasteiger partial charge >= 0.3 is 0 Å². The van der Waals surface area contributed by atoms with Gasteiger partial charge < -0.3 is 9.47 Å². The van der Waals surface area contributed by atoms with E-state index in [1.807, 2.05) is 6.07 Å². The highest BCUT2D eigenvalue weighted by atomic mass is 16.7. The molecule has 0 aliphatic carbocycles. The van der Waals surface area contributed by atoms with Crippen molar-refractivity contribution in [2.75, 3.05) is 13.2 Å². The Morgan fingerprint density at radius 1 is 1.35 bits per heavy atom. The van der Waals surface area contributed by atoms with Crippen molar-refractivity contribution in [3.8, 4) is 18.4 Å². The third kappa shape index (κ3) is 3.01. The molecule has 120 valence electrons. The van der Waals surface area contributed by atoms with Gasteiger partial charge in [0.2, 0.25) is 5.79 Å². The third-order valence-corrected chi connectivity index (χ3v) is 4.32. The summed E-state index contributed by atoms with van der Waals surface area (Å²) in [5.74, 6) is 1.20. The molecule has 0 aromatic heterocycles. The summed E-state index contributed by atoms with van der Waals surface area (Å²) in [5, 5.41) is 9.44. The van der Waals surface area contributed by atoms with Crippen molar-refractivity contribution in [1.29, 1.82) is 5.26 Å². The Hall–Kier alpha value is -2.14. The Labute approximate surface area is 137 Å². The number of carbonyl (C=O) groups is 1. The summed E-state index contributed by atoms with van der Waals surface area (Å²) in [6.45, 7) is 4.55. The number of nitriles is 1. The minimum atomic E-state index is -1.26. The topological polar surface area (TPSA) is 59.3 Å². The molecular formula is C19H21NO3. The molecule has 2 rings (SSSR count). The maximum absolute atomic E-state index is 12.8. The number of benzene rings is 1. The van der Waals surface area contributed by atoms with E-state index in [-0.39, 0.29) is 12.2 Å². The molecule has 1 aromatic rings. The first kappa shape index (κ1) is 17.2. The van der Waals surface area contributed by atoms with Crippen LogP contribution in [0.25, 0.3) is 0 Å². The zero-order valence-corrected chi connectivity index (χ0v) is 13.6. The van der Waals surface area contributed by atoms with Crippen molar-refractivity contribution < 1.29 is 14.3 Å². The highest BCUT2D eigenvalue weighted by Gasteiger charge is 2.55. The molecule has 0 atom stereocenters. The van der Waals surface area contributed by atoms with E-state index in [9.17, 15) is 10.1 Å². The van der Waals surface area contributed by atoms with Gasteiger partial charge in [-0.2, -0.15) is 5.26 Å². The van der Waals surface area contributed by atoms with E-state index >= 15 is 0 Å². The van der Waals surface area contributed by atoms with Crippen LogP contribution < -0.4 is 0 Å². The predicted octanol–water partition coefficient (Wildman–Crippen LogP) is 3.16. The Balaban J connectivity index is 2.54. The lowest BCUT2D eigenvalue weighted by Crippen LogP contribution is -2.53. The van der Waals surface area contributed by atoms with Crippen molar-refractivity contribution in [2.24, 2.45) is 5.41 Å². The van der Waals surface area contributed by atoms with Crippen LogP contribution in [0, 0.1) is 29.1 Å². The Kier molecular flexibility index (Phi) is 5.21. The third-order valence-electron chi connectivity index (χ3n) is 4.32. The van der Waals surface area contributed by atoms with Gasteiger partial charge in [0.25, 0.3) is 0 Å². The first-order valence-corrected chi connectivity index (χ1v) is 7.74. The van der Waals surface area contributed by atoms with Gasteiger partial charge in [-0.25, -0.2) is 0 Å². The second-order valence-electron chi connectivity index (χ2n) is 6.08. The largest absolute Gasteiger partial charge is 0.345 e. The average molecular weight is 311 g/mol. The van der Waals surface area contributed by atoms with E-state index in [1.165, 1.54) is 0 Å². The summed E-state index contributed by atoms with van der Waals surface area (Å²) in [7, 11) is 0. The van der Waals surface area contributed by atoms with Crippen molar-refractivity contribution in [1.82, 2.24) is 0 Å². The summed E-state index contributed by atoms with van der Waals surface area (Å²) in [6, 6.07) is 9.27. The maximum atomic E-state index is 12.8. The second-order valence-corrected chi connectivity index (χ2v) is 6.08. The van der Waals surface area contributed by atoms with Gasteiger partial charge in [-0.1, -0.05) is 18.2 Å². The average Bonchev–Trinajstić information content (AvgIpc) is 2.59. The normalized spacial score (nSPS) is 17.0. The molecule has 1 heterocycles. The fourth-order valence-electron chi connectivity index (χ4n) is 2.93. The van der Waals surface area contributed by atoms with Crippen molar-refractivity contribution in [3.05, 3.63) is 35.4 Å². The summed E-state index contributed by atoms with van der Waals surface area (Å²) >= 11 is 0. The number of ketones is 1. The van der Waals surface area contributed by atoms with Crippen molar-refractivity contribution in [2.45, 2.75) is 38.9 Å². The molecule has 0 amide bonds. The van der Waals surface area contributed by atoms with Crippen LogP contribution in [-0.2, 0) is 20.1 Å². The van der Waals surface area contributed by atoms with Crippen LogP contribution >= 0.6 is 0 Å². The molecular weight excluding hydrogens is 290 g/mol. The van der Waals surface area contributed by atoms with Gasteiger partial charge in [0, 0.05) is 18.4 Å². The summed E-state index contributed by atoms with van der Waals surface area (Å²) < 4.78 is 12.0. The Morgan fingerprint density at radius 3 is 2.61 bits per heavy atom. The molecule has 4 heteroatoms. The van der Waals surface area contributed by atoms with Crippen LogP contribution in [0.15, 0.2) is 24.3 Å². The minimum Gasteiger partial charge on any atom is -0.345 e. The molecule has 23 heavy (non-hydrogen) atoms. The number of carbonyl (C=O) groups excluding carboxylic acids is 1. The zero-order valence-electron chi connectivity index (χ0n) is 13.6. The second kappa shape index (κ2) is 6.96. The molecule has 0 spiro atoms. The van der Waals surface area contributed by atoms with Crippen LogP contribution in [-0.4, -0.2) is 19.0 Å². The lowest BCUT2D eigenvalue weighted by molar-refractivity contribution is -0.319. The first-order valence-electron chi connectivity index (χ1n) is 7.74.